The van der Waals surface area contributed by atoms with Gasteiger partial charge in [-0.05, 0) is 44.7 Å². The molecule has 0 aliphatic carbocycles. The average Bonchev–Trinajstić information content (AvgIpc) is 2.99. The fourth-order valence-electron chi connectivity index (χ4n) is 4.52. The molecule has 1 saturated heterocycles. The van der Waals surface area contributed by atoms with Crippen LogP contribution in [0.25, 0.3) is 0 Å². The Morgan fingerprint density at radius 2 is 1.83 bits per heavy atom. The van der Waals surface area contributed by atoms with E-state index < -0.39 is 15.1 Å². The molecule has 0 unspecified atom stereocenters. The summed E-state index contributed by atoms with van der Waals surface area (Å²) in [5.74, 6) is 0.560. The summed E-state index contributed by atoms with van der Waals surface area (Å²) < 4.78 is 31.6. The highest BCUT2D eigenvalue weighted by Gasteiger charge is 2.24. The van der Waals surface area contributed by atoms with E-state index in [2.05, 4.69) is 49.2 Å². The molecular weight excluding hydrogens is 578 g/mol. The van der Waals surface area contributed by atoms with Crippen LogP contribution in [0.2, 0.25) is 5.02 Å². The molecule has 1 aliphatic rings. The molecule has 1 fully saturated rings. The van der Waals surface area contributed by atoms with Crippen molar-refractivity contribution in [2.75, 3.05) is 60.7 Å². The Hall–Kier alpha value is -3.87. The number of carbonyl (C=O) groups excluding carboxylic acids is 1. The van der Waals surface area contributed by atoms with Crippen LogP contribution in [0.15, 0.2) is 60.1 Å². The van der Waals surface area contributed by atoms with Gasteiger partial charge in [-0.15, -0.1) is 0 Å². The van der Waals surface area contributed by atoms with E-state index in [1.54, 1.807) is 51.3 Å². The second-order valence-electron chi connectivity index (χ2n) is 9.91. The lowest BCUT2D eigenvalue weighted by atomic mass is 10.1. The molecule has 0 bridgehead atoms. The number of rotatable bonds is 11. The van der Waals surface area contributed by atoms with Crippen molar-refractivity contribution in [1.29, 1.82) is 0 Å². The summed E-state index contributed by atoms with van der Waals surface area (Å²) >= 11 is 6.41. The molecule has 3 aromatic rings. The van der Waals surface area contributed by atoms with Crippen molar-refractivity contribution < 1.29 is 17.9 Å². The van der Waals surface area contributed by atoms with Crippen molar-refractivity contribution in [2.24, 2.45) is 0 Å². The van der Waals surface area contributed by atoms with Crippen LogP contribution >= 0.6 is 11.6 Å². The van der Waals surface area contributed by atoms with Gasteiger partial charge in [0.05, 0.1) is 46.2 Å². The van der Waals surface area contributed by atoms with Gasteiger partial charge < -0.3 is 30.5 Å². The van der Waals surface area contributed by atoms with Crippen molar-refractivity contribution in [3.8, 4) is 5.75 Å². The molecule has 0 atom stereocenters. The second kappa shape index (κ2) is 13.4. The van der Waals surface area contributed by atoms with Crippen LogP contribution in [0.5, 0.6) is 5.75 Å². The number of methoxy groups -OCH3 is 1. The smallest absolute Gasteiger partial charge is 0.247 e. The van der Waals surface area contributed by atoms with Gasteiger partial charge in [-0.2, -0.15) is 4.98 Å². The number of nitrogens with zero attached hydrogens (tertiary/aromatic N) is 4. The number of para-hydroxylation sites is 1. The third-order valence-corrected chi connectivity index (χ3v) is 9.47. The van der Waals surface area contributed by atoms with Crippen molar-refractivity contribution in [1.82, 2.24) is 14.9 Å². The van der Waals surface area contributed by atoms with Crippen LogP contribution in [-0.2, 0) is 14.6 Å². The molecule has 2 heterocycles. The van der Waals surface area contributed by atoms with Gasteiger partial charge in [0, 0.05) is 32.2 Å². The third-order valence-electron chi connectivity index (χ3n) is 6.98. The lowest BCUT2D eigenvalue weighted by molar-refractivity contribution is -0.111. The van der Waals surface area contributed by atoms with Gasteiger partial charge in [-0.1, -0.05) is 37.2 Å². The summed E-state index contributed by atoms with van der Waals surface area (Å²) in [5.41, 5.74) is 2.25. The zero-order chi connectivity index (χ0) is 30.4. The van der Waals surface area contributed by atoms with E-state index in [0.29, 0.717) is 22.8 Å². The van der Waals surface area contributed by atoms with Crippen molar-refractivity contribution >= 4 is 61.9 Å². The first-order chi connectivity index (χ1) is 20.1. The number of aromatic nitrogens is 2. The van der Waals surface area contributed by atoms with E-state index in [1.807, 2.05) is 6.07 Å². The van der Waals surface area contributed by atoms with Crippen molar-refractivity contribution in [2.45, 2.75) is 30.9 Å². The third kappa shape index (κ3) is 6.94. The van der Waals surface area contributed by atoms with E-state index in [1.165, 1.54) is 12.3 Å². The summed E-state index contributed by atoms with van der Waals surface area (Å²) in [6, 6.07) is 10.2. The first-order valence-corrected chi connectivity index (χ1v) is 15.5. The van der Waals surface area contributed by atoms with Gasteiger partial charge in [0.2, 0.25) is 11.9 Å². The number of piperazine rings is 1. The number of hydrogen-bond acceptors (Lipinski definition) is 10. The molecule has 1 amide bonds. The number of ether oxygens (including phenoxy) is 1. The minimum atomic E-state index is -3.57. The largest absolute Gasteiger partial charge is 0.494 e. The molecule has 0 saturated carbocycles. The second-order valence-corrected chi connectivity index (χ2v) is 12.8. The maximum atomic E-state index is 12.9. The number of halogens is 1. The number of amides is 1. The fourth-order valence-corrected chi connectivity index (χ4v) is 5.86. The fraction of sp³-hybridized carbons (Fsp3) is 0.345. The van der Waals surface area contributed by atoms with Crippen LogP contribution in [0.3, 0.4) is 0 Å². The number of nitrogens with one attached hydrogen (secondary N) is 3. The Morgan fingerprint density at radius 1 is 1.12 bits per heavy atom. The van der Waals surface area contributed by atoms with Crippen LogP contribution in [0.4, 0.5) is 34.5 Å². The first kappa shape index (κ1) is 31.1. The highest BCUT2D eigenvalue weighted by atomic mass is 35.5. The molecule has 0 spiro atoms. The van der Waals surface area contributed by atoms with Gasteiger partial charge in [-0.25, -0.2) is 13.4 Å². The molecule has 42 heavy (non-hydrogen) atoms. The number of carbonyl (C=O) groups is 1. The highest BCUT2D eigenvalue weighted by Crippen LogP contribution is 2.39. The van der Waals surface area contributed by atoms with Gasteiger partial charge in [0.25, 0.3) is 0 Å². The van der Waals surface area contributed by atoms with Crippen LogP contribution in [0.1, 0.15) is 20.8 Å². The Kier molecular flexibility index (Phi) is 9.92. The van der Waals surface area contributed by atoms with E-state index in [-0.39, 0.29) is 27.6 Å². The number of benzene rings is 2. The SMILES string of the molecule is C=CC(=O)Nc1cc(Nc2ncc(Cl)c(Nc3ccccc3S(=O)(=O)C(C)C)n2)c(OC)cc1N1CCN(CC)CC1. The van der Waals surface area contributed by atoms with Crippen LogP contribution < -0.4 is 25.6 Å². The lowest BCUT2D eigenvalue weighted by Gasteiger charge is -2.36. The van der Waals surface area contributed by atoms with Crippen molar-refractivity contribution in [3.05, 3.63) is 60.3 Å². The minimum absolute atomic E-state index is 0.142. The monoisotopic (exact) mass is 613 g/mol. The Labute approximate surface area is 251 Å². The maximum absolute atomic E-state index is 12.9. The Balaban J connectivity index is 1.68. The number of hydrogen-bond donors (Lipinski definition) is 3. The quantitative estimate of drug-likeness (QED) is 0.252. The minimum Gasteiger partial charge on any atom is -0.494 e. The van der Waals surface area contributed by atoms with Crippen LogP contribution in [-0.4, -0.2) is 74.3 Å². The van der Waals surface area contributed by atoms with Crippen LogP contribution in [0, 0.1) is 0 Å². The van der Waals surface area contributed by atoms with Crippen molar-refractivity contribution in [3.63, 3.8) is 0 Å². The number of likely N-dealkylation sites (N-methyl/N-ethyl adjacent to an activating group) is 1. The summed E-state index contributed by atoms with van der Waals surface area (Å²) in [7, 11) is -2.01. The maximum Gasteiger partial charge on any atom is 0.247 e. The summed E-state index contributed by atoms with van der Waals surface area (Å²) in [4.78, 5) is 25.9. The van der Waals surface area contributed by atoms with Gasteiger partial charge in [-0.3, -0.25) is 4.79 Å². The standard InChI is InChI=1S/C29H36ClN7O4S/c1-6-27(38)32-22-16-23(25(41-5)17-24(22)37-14-12-36(7-2)13-15-37)34-29-31-18-20(30)28(35-29)33-21-10-8-9-11-26(21)42(39,40)19(3)4/h6,8-11,16-19H,1,7,12-15H2,2-5H3,(H,32,38)(H2,31,33,34,35). The van der Waals surface area contributed by atoms with Gasteiger partial charge in [0.1, 0.15) is 10.8 Å². The molecule has 13 heteroatoms. The Morgan fingerprint density at radius 3 is 2.48 bits per heavy atom. The molecule has 1 aliphatic heterocycles. The zero-order valence-electron chi connectivity index (χ0n) is 24.1. The summed E-state index contributed by atoms with van der Waals surface area (Å²) in [6.45, 7) is 13.4. The molecule has 11 nitrogen and oxygen atoms in total. The van der Waals surface area contributed by atoms with E-state index in [9.17, 15) is 13.2 Å². The molecule has 2 aromatic carbocycles. The highest BCUT2D eigenvalue weighted by molar-refractivity contribution is 7.92. The van der Waals surface area contributed by atoms with E-state index in [4.69, 9.17) is 16.3 Å². The first-order valence-electron chi connectivity index (χ1n) is 13.6. The molecule has 224 valence electrons. The summed E-state index contributed by atoms with van der Waals surface area (Å²) in [5, 5.41) is 8.69. The van der Waals surface area contributed by atoms with E-state index in [0.717, 1.165) is 38.4 Å². The number of anilines is 6. The topological polar surface area (TPSA) is 129 Å². The van der Waals surface area contributed by atoms with Gasteiger partial charge >= 0.3 is 0 Å². The number of sulfone groups is 1. The predicted molar refractivity (Wildman–Crippen MR) is 169 cm³/mol. The molecule has 0 radical (unpaired) electrons. The van der Waals surface area contributed by atoms with Gasteiger partial charge in [0.15, 0.2) is 15.7 Å². The zero-order valence-corrected chi connectivity index (χ0v) is 25.7. The molecular formula is C29H36ClN7O4S. The molecule has 1 aromatic heterocycles. The molecule has 4 rings (SSSR count). The normalized spacial score (nSPS) is 14.0. The average molecular weight is 614 g/mol. The predicted octanol–water partition coefficient (Wildman–Crippen LogP) is 5.07. The lowest BCUT2D eigenvalue weighted by Crippen LogP contribution is -2.46. The summed E-state index contributed by atoms with van der Waals surface area (Å²) in [6.07, 6.45) is 2.63. The Bertz CT molecular complexity index is 1560. The molecule has 3 N–H and O–H groups in total. The van der Waals surface area contributed by atoms with E-state index >= 15 is 0 Å².